The number of nitrogens with one attached hydrogen (secondary N) is 2. The van der Waals surface area contributed by atoms with E-state index in [4.69, 9.17) is 4.98 Å². The minimum Gasteiger partial charge on any atom is -0.367 e. The smallest absolute Gasteiger partial charge is 0.246 e. The third-order valence-electron chi connectivity index (χ3n) is 8.29. The number of piperazine rings is 2. The molecule has 3 aliphatic heterocycles. The van der Waals surface area contributed by atoms with E-state index in [-0.39, 0.29) is 17.5 Å². The summed E-state index contributed by atoms with van der Waals surface area (Å²) >= 11 is 0. The molecule has 1 saturated carbocycles. The number of amides is 1. The molecule has 190 valence electrons. The van der Waals surface area contributed by atoms with Crippen LogP contribution in [-0.4, -0.2) is 76.1 Å². The number of fused-ring (bicyclic) bond motifs is 4. The molecule has 1 unspecified atom stereocenters. The van der Waals surface area contributed by atoms with E-state index >= 15 is 0 Å². The van der Waals surface area contributed by atoms with Crippen LogP contribution in [0.5, 0.6) is 0 Å². The van der Waals surface area contributed by atoms with Gasteiger partial charge in [0.1, 0.15) is 17.7 Å². The van der Waals surface area contributed by atoms with Crippen LogP contribution in [0.25, 0.3) is 6.08 Å². The summed E-state index contributed by atoms with van der Waals surface area (Å²) in [5, 5.41) is 6.43. The fourth-order valence-electron chi connectivity index (χ4n) is 6.39. The average Bonchev–Trinajstić information content (AvgIpc) is 3.37. The molecule has 4 aliphatic rings. The molecular formula is C27H36N8O. The molecule has 2 saturated heterocycles. The summed E-state index contributed by atoms with van der Waals surface area (Å²) in [5.74, 6) is 2.10. The average molecular weight is 489 g/mol. The Bertz CT molecular complexity index is 1140. The number of anilines is 4. The lowest BCUT2D eigenvalue weighted by Gasteiger charge is -2.50. The summed E-state index contributed by atoms with van der Waals surface area (Å²) < 4.78 is 0. The van der Waals surface area contributed by atoms with Crippen LogP contribution >= 0.6 is 0 Å². The highest BCUT2D eigenvalue weighted by Gasteiger charge is 2.50. The number of carbonyl (C=O) groups is 1. The Morgan fingerprint density at radius 3 is 2.78 bits per heavy atom. The molecule has 9 nitrogen and oxygen atoms in total. The highest BCUT2D eigenvalue weighted by atomic mass is 16.2. The van der Waals surface area contributed by atoms with Gasteiger partial charge in [-0.25, -0.2) is 9.97 Å². The molecule has 2 atom stereocenters. The van der Waals surface area contributed by atoms with E-state index in [1.807, 2.05) is 30.6 Å². The van der Waals surface area contributed by atoms with Crippen molar-refractivity contribution in [1.82, 2.24) is 25.2 Å². The van der Waals surface area contributed by atoms with Crippen molar-refractivity contribution in [3.05, 3.63) is 36.2 Å². The summed E-state index contributed by atoms with van der Waals surface area (Å²) in [5.41, 5.74) is 2.03. The Morgan fingerprint density at radius 2 is 2.03 bits per heavy atom. The number of carbonyl (C=O) groups excluding carboxylic acids is 1. The lowest BCUT2D eigenvalue weighted by molar-refractivity contribution is -0.123. The quantitative estimate of drug-likeness (QED) is 0.663. The van der Waals surface area contributed by atoms with Gasteiger partial charge in [-0.2, -0.15) is 4.98 Å². The summed E-state index contributed by atoms with van der Waals surface area (Å²) in [6.45, 7) is 9.51. The van der Waals surface area contributed by atoms with E-state index < -0.39 is 0 Å². The highest BCUT2D eigenvalue weighted by Crippen LogP contribution is 2.43. The Morgan fingerprint density at radius 1 is 1.17 bits per heavy atom. The topological polar surface area (TPSA) is 89.5 Å². The Kier molecular flexibility index (Phi) is 6.03. The third kappa shape index (κ3) is 4.09. The highest BCUT2D eigenvalue weighted by molar-refractivity contribution is 5.93. The van der Waals surface area contributed by atoms with Gasteiger partial charge in [0.05, 0.1) is 17.4 Å². The lowest BCUT2D eigenvalue weighted by Crippen LogP contribution is -2.67. The van der Waals surface area contributed by atoms with Crippen molar-refractivity contribution in [1.29, 1.82) is 0 Å². The molecule has 0 aromatic carbocycles. The normalized spacial score (nSPS) is 25.0. The number of aromatic nitrogens is 3. The van der Waals surface area contributed by atoms with Gasteiger partial charge in [0, 0.05) is 44.0 Å². The van der Waals surface area contributed by atoms with Gasteiger partial charge in [0.2, 0.25) is 11.9 Å². The van der Waals surface area contributed by atoms with Gasteiger partial charge < -0.3 is 20.4 Å². The maximum Gasteiger partial charge on any atom is 0.246 e. The minimum atomic E-state index is -0.315. The Hall–Kier alpha value is -3.20. The van der Waals surface area contributed by atoms with Crippen molar-refractivity contribution >= 4 is 35.3 Å². The summed E-state index contributed by atoms with van der Waals surface area (Å²) in [6.07, 6.45) is 13.4. The van der Waals surface area contributed by atoms with Crippen LogP contribution in [0.4, 0.5) is 23.3 Å². The molecule has 3 fully saturated rings. The first kappa shape index (κ1) is 23.2. The molecule has 0 bridgehead atoms. The van der Waals surface area contributed by atoms with Crippen molar-refractivity contribution in [2.45, 2.75) is 63.6 Å². The molecular weight excluding hydrogens is 452 g/mol. The SMILES string of the molecule is CCCN1CCN(c2ccc(Nc3ncc4c(n3)N3C(C=C4)C(=O)NCC34CCCC4)nc2)C[C@@H]1C. The van der Waals surface area contributed by atoms with E-state index in [2.05, 4.69) is 55.2 Å². The zero-order valence-corrected chi connectivity index (χ0v) is 21.3. The van der Waals surface area contributed by atoms with Gasteiger partial charge in [-0.1, -0.05) is 31.9 Å². The molecule has 1 amide bonds. The van der Waals surface area contributed by atoms with Gasteiger partial charge >= 0.3 is 0 Å². The maximum atomic E-state index is 12.7. The van der Waals surface area contributed by atoms with E-state index in [9.17, 15) is 4.79 Å². The molecule has 36 heavy (non-hydrogen) atoms. The number of nitrogens with zero attached hydrogens (tertiary/aromatic N) is 6. The third-order valence-corrected chi connectivity index (χ3v) is 8.29. The van der Waals surface area contributed by atoms with Gasteiger partial charge in [0.15, 0.2) is 0 Å². The van der Waals surface area contributed by atoms with Crippen molar-refractivity contribution < 1.29 is 4.79 Å². The molecule has 2 aromatic rings. The van der Waals surface area contributed by atoms with Crippen molar-refractivity contribution in [3.8, 4) is 0 Å². The van der Waals surface area contributed by atoms with Crippen LogP contribution < -0.4 is 20.4 Å². The van der Waals surface area contributed by atoms with Crippen LogP contribution in [0.1, 0.15) is 51.5 Å². The fourth-order valence-corrected chi connectivity index (χ4v) is 6.39. The second-order valence-electron chi connectivity index (χ2n) is 10.7. The standard InChI is InChI=1S/C27H36N8O/c1-3-12-33-13-14-34(17-19(33)2)21-7-9-23(28-16-21)31-26-29-15-20-6-8-22-25(36)30-18-27(10-4-5-11-27)35(22)24(20)32-26/h6-9,15-16,19,22H,3-5,10-14,17-18H2,1-2H3,(H,30,36)(H,28,29,31,32)/t19-,22?/m0/s1. The van der Waals surface area contributed by atoms with Crippen molar-refractivity contribution in [3.63, 3.8) is 0 Å². The molecule has 2 aromatic heterocycles. The van der Waals surface area contributed by atoms with Crippen LogP contribution in [0.2, 0.25) is 0 Å². The number of pyridine rings is 1. The van der Waals surface area contributed by atoms with E-state index in [1.54, 1.807) is 0 Å². The van der Waals surface area contributed by atoms with Gasteiger partial charge in [-0.15, -0.1) is 0 Å². The first-order chi connectivity index (χ1) is 17.6. The monoisotopic (exact) mass is 488 g/mol. The Balaban J connectivity index is 1.20. The van der Waals surface area contributed by atoms with E-state index in [1.165, 1.54) is 19.3 Å². The summed E-state index contributed by atoms with van der Waals surface area (Å²) in [6, 6.07) is 4.34. The zero-order valence-electron chi connectivity index (χ0n) is 21.3. The predicted octanol–water partition coefficient (Wildman–Crippen LogP) is 3.18. The minimum absolute atomic E-state index is 0.0460. The molecule has 2 N–H and O–H groups in total. The second kappa shape index (κ2) is 9.35. The van der Waals surface area contributed by atoms with Crippen molar-refractivity contribution in [2.24, 2.45) is 0 Å². The van der Waals surface area contributed by atoms with Gasteiger partial charge in [-0.3, -0.25) is 9.69 Å². The molecule has 1 spiro atoms. The maximum absolute atomic E-state index is 12.7. The fraction of sp³-hybridized carbons (Fsp3) is 0.556. The summed E-state index contributed by atoms with van der Waals surface area (Å²) in [4.78, 5) is 34.1. The van der Waals surface area contributed by atoms with Crippen LogP contribution in [0, 0.1) is 0 Å². The molecule has 6 rings (SSSR count). The second-order valence-corrected chi connectivity index (χ2v) is 10.7. The largest absolute Gasteiger partial charge is 0.367 e. The predicted molar refractivity (Wildman–Crippen MR) is 143 cm³/mol. The van der Waals surface area contributed by atoms with Gasteiger partial charge in [-0.05, 0) is 44.9 Å². The molecule has 9 heteroatoms. The first-order valence-corrected chi connectivity index (χ1v) is 13.4. The van der Waals surface area contributed by atoms with Crippen LogP contribution in [0.3, 0.4) is 0 Å². The molecule has 0 radical (unpaired) electrons. The van der Waals surface area contributed by atoms with Crippen molar-refractivity contribution in [2.75, 3.05) is 47.8 Å². The van der Waals surface area contributed by atoms with E-state index in [0.29, 0.717) is 24.4 Å². The number of hydrogen-bond donors (Lipinski definition) is 2. The number of rotatable bonds is 5. The zero-order chi connectivity index (χ0) is 24.7. The lowest BCUT2D eigenvalue weighted by atomic mass is 9.87. The Labute approximate surface area is 213 Å². The van der Waals surface area contributed by atoms with Crippen LogP contribution in [-0.2, 0) is 4.79 Å². The molecule has 1 aliphatic carbocycles. The summed E-state index contributed by atoms with van der Waals surface area (Å²) in [7, 11) is 0. The van der Waals surface area contributed by atoms with Crippen LogP contribution in [0.15, 0.2) is 30.6 Å². The van der Waals surface area contributed by atoms with E-state index in [0.717, 1.165) is 56.1 Å². The molecule has 5 heterocycles. The number of hydrogen-bond acceptors (Lipinski definition) is 8. The van der Waals surface area contributed by atoms with Gasteiger partial charge in [0.25, 0.3) is 0 Å². The first-order valence-electron chi connectivity index (χ1n) is 13.4.